The molecule has 2 nitrogen and oxygen atoms in total. The van der Waals surface area contributed by atoms with Crippen LogP contribution in [0.5, 0.6) is 0 Å². The maximum absolute atomic E-state index is 3.42. The summed E-state index contributed by atoms with van der Waals surface area (Å²) in [5.74, 6) is 2.28. The Morgan fingerprint density at radius 2 is 1.75 bits per heavy atom. The number of rotatable bonds is 6. The van der Waals surface area contributed by atoms with Gasteiger partial charge in [0, 0.05) is 26.2 Å². The molecule has 1 heterocycles. The third-order valence-electron chi connectivity index (χ3n) is 4.72. The van der Waals surface area contributed by atoms with E-state index in [0.29, 0.717) is 5.92 Å². The van der Waals surface area contributed by atoms with Crippen LogP contribution in [0.2, 0.25) is 0 Å². The lowest BCUT2D eigenvalue weighted by atomic mass is 9.99. The van der Waals surface area contributed by atoms with E-state index in [2.05, 4.69) is 62.2 Å². The van der Waals surface area contributed by atoms with E-state index in [9.17, 15) is 0 Å². The first kappa shape index (κ1) is 15.5. The molecule has 3 unspecified atom stereocenters. The Morgan fingerprint density at radius 3 is 2.30 bits per heavy atom. The fraction of sp³-hybridized carbons (Fsp3) is 0.667. The van der Waals surface area contributed by atoms with Crippen molar-refractivity contribution >= 4 is 0 Å². The first-order chi connectivity index (χ1) is 9.60. The van der Waals surface area contributed by atoms with Crippen molar-refractivity contribution in [1.29, 1.82) is 0 Å². The first-order valence-electron chi connectivity index (χ1n) is 8.12. The van der Waals surface area contributed by atoms with Crippen LogP contribution in [0.15, 0.2) is 24.3 Å². The number of likely N-dealkylation sites (N-methyl/N-ethyl adjacent to an activating group) is 1. The molecule has 1 saturated heterocycles. The van der Waals surface area contributed by atoms with Crippen molar-refractivity contribution in [2.45, 2.75) is 40.2 Å². The smallest absolute Gasteiger partial charge is 0.0233 e. The summed E-state index contributed by atoms with van der Waals surface area (Å²) < 4.78 is 0. The van der Waals surface area contributed by atoms with Gasteiger partial charge in [0.15, 0.2) is 0 Å². The van der Waals surface area contributed by atoms with E-state index >= 15 is 0 Å². The number of hydrogen-bond acceptors (Lipinski definition) is 2. The summed E-state index contributed by atoms with van der Waals surface area (Å²) in [5.41, 5.74) is 2.89. The molecule has 1 N–H and O–H groups in total. The number of nitrogens with one attached hydrogen (secondary N) is 1. The largest absolute Gasteiger partial charge is 0.316 e. The molecule has 1 aromatic rings. The van der Waals surface area contributed by atoms with E-state index in [-0.39, 0.29) is 0 Å². The minimum Gasteiger partial charge on any atom is -0.316 e. The molecule has 3 atom stereocenters. The van der Waals surface area contributed by atoms with Gasteiger partial charge in [0.25, 0.3) is 0 Å². The van der Waals surface area contributed by atoms with E-state index in [1.807, 2.05) is 0 Å². The van der Waals surface area contributed by atoms with Crippen LogP contribution < -0.4 is 5.32 Å². The van der Waals surface area contributed by atoms with Crippen LogP contribution in [0, 0.1) is 11.8 Å². The van der Waals surface area contributed by atoms with Crippen molar-refractivity contribution in [3.05, 3.63) is 35.4 Å². The monoisotopic (exact) mass is 274 g/mol. The quantitative estimate of drug-likeness (QED) is 0.854. The van der Waals surface area contributed by atoms with Crippen LogP contribution in [0.25, 0.3) is 0 Å². The van der Waals surface area contributed by atoms with Gasteiger partial charge in [-0.15, -0.1) is 0 Å². The van der Waals surface area contributed by atoms with E-state index in [4.69, 9.17) is 0 Å². The molecule has 20 heavy (non-hydrogen) atoms. The standard InChI is InChI=1S/C18H30N2/c1-5-19-10-14(2)18-8-6-17(7-9-18)13-20-11-15(3)16(4)12-20/h6-9,14-16,19H,5,10-13H2,1-4H3. The Bertz CT molecular complexity index is 388. The Hall–Kier alpha value is -0.860. The van der Waals surface area contributed by atoms with Gasteiger partial charge in [-0.1, -0.05) is 52.0 Å². The van der Waals surface area contributed by atoms with E-state index in [1.165, 1.54) is 24.2 Å². The molecule has 0 aliphatic carbocycles. The van der Waals surface area contributed by atoms with Crippen LogP contribution in [-0.2, 0) is 6.54 Å². The average molecular weight is 274 g/mol. The predicted octanol–water partition coefficient (Wildman–Crippen LogP) is 3.49. The molecular weight excluding hydrogens is 244 g/mol. The highest BCUT2D eigenvalue weighted by Gasteiger charge is 2.25. The maximum atomic E-state index is 3.42. The molecular formula is C18H30N2. The Morgan fingerprint density at radius 1 is 1.15 bits per heavy atom. The van der Waals surface area contributed by atoms with Crippen LogP contribution >= 0.6 is 0 Å². The zero-order chi connectivity index (χ0) is 14.5. The van der Waals surface area contributed by atoms with Gasteiger partial charge in [-0.2, -0.15) is 0 Å². The summed E-state index contributed by atoms with van der Waals surface area (Å²) in [6, 6.07) is 9.23. The minimum atomic E-state index is 0.593. The maximum Gasteiger partial charge on any atom is 0.0233 e. The van der Waals surface area contributed by atoms with Crippen LogP contribution in [-0.4, -0.2) is 31.1 Å². The molecule has 1 aliphatic heterocycles. The zero-order valence-corrected chi connectivity index (χ0v) is 13.5. The van der Waals surface area contributed by atoms with Gasteiger partial charge in [-0.3, -0.25) is 4.90 Å². The molecule has 0 bridgehead atoms. The summed E-state index contributed by atoms with van der Waals surface area (Å²) in [6.07, 6.45) is 0. The average Bonchev–Trinajstić information content (AvgIpc) is 2.75. The lowest BCUT2D eigenvalue weighted by Gasteiger charge is -2.17. The van der Waals surface area contributed by atoms with E-state index < -0.39 is 0 Å². The molecule has 0 saturated carbocycles. The van der Waals surface area contributed by atoms with E-state index in [1.54, 1.807) is 0 Å². The summed E-state index contributed by atoms with van der Waals surface area (Å²) >= 11 is 0. The van der Waals surface area contributed by atoms with Crippen molar-refractivity contribution in [2.24, 2.45) is 11.8 Å². The third-order valence-corrected chi connectivity index (χ3v) is 4.72. The van der Waals surface area contributed by atoms with Gasteiger partial charge in [-0.25, -0.2) is 0 Å². The molecule has 1 fully saturated rings. The molecule has 0 spiro atoms. The summed E-state index contributed by atoms with van der Waals surface area (Å²) in [7, 11) is 0. The second kappa shape index (κ2) is 7.24. The molecule has 0 amide bonds. The predicted molar refractivity (Wildman–Crippen MR) is 87.0 cm³/mol. The Balaban J connectivity index is 1.88. The van der Waals surface area contributed by atoms with Gasteiger partial charge >= 0.3 is 0 Å². The number of nitrogens with zero attached hydrogens (tertiary/aromatic N) is 1. The fourth-order valence-electron chi connectivity index (χ4n) is 3.07. The number of hydrogen-bond donors (Lipinski definition) is 1. The lowest BCUT2D eigenvalue weighted by Crippen LogP contribution is -2.20. The van der Waals surface area contributed by atoms with E-state index in [0.717, 1.165) is 31.5 Å². The highest BCUT2D eigenvalue weighted by molar-refractivity contribution is 5.25. The minimum absolute atomic E-state index is 0.593. The SMILES string of the molecule is CCNCC(C)c1ccc(CN2CC(C)C(C)C2)cc1. The number of benzene rings is 1. The second-order valence-electron chi connectivity index (χ2n) is 6.60. The Labute approximate surface area is 124 Å². The van der Waals surface area contributed by atoms with Crippen molar-refractivity contribution in [3.63, 3.8) is 0 Å². The highest BCUT2D eigenvalue weighted by Crippen LogP contribution is 2.24. The van der Waals surface area contributed by atoms with Gasteiger partial charge in [0.05, 0.1) is 0 Å². The lowest BCUT2D eigenvalue weighted by molar-refractivity contribution is 0.316. The van der Waals surface area contributed by atoms with Crippen molar-refractivity contribution in [3.8, 4) is 0 Å². The zero-order valence-electron chi connectivity index (χ0n) is 13.5. The normalized spacial score (nSPS) is 25.0. The number of likely N-dealkylation sites (tertiary alicyclic amines) is 1. The first-order valence-corrected chi connectivity index (χ1v) is 8.12. The van der Waals surface area contributed by atoms with Crippen molar-refractivity contribution in [1.82, 2.24) is 10.2 Å². The van der Waals surface area contributed by atoms with Gasteiger partial charge in [0.1, 0.15) is 0 Å². The Kier molecular flexibility index (Phi) is 5.62. The molecule has 0 radical (unpaired) electrons. The summed E-state index contributed by atoms with van der Waals surface area (Å²) in [4.78, 5) is 2.59. The summed E-state index contributed by atoms with van der Waals surface area (Å²) in [5, 5.41) is 3.42. The molecule has 2 rings (SSSR count). The topological polar surface area (TPSA) is 15.3 Å². The van der Waals surface area contributed by atoms with Gasteiger partial charge < -0.3 is 5.32 Å². The van der Waals surface area contributed by atoms with Crippen LogP contribution in [0.4, 0.5) is 0 Å². The van der Waals surface area contributed by atoms with Crippen LogP contribution in [0.1, 0.15) is 44.7 Å². The summed E-state index contributed by atoms with van der Waals surface area (Å²) in [6.45, 7) is 14.9. The molecule has 1 aromatic carbocycles. The van der Waals surface area contributed by atoms with Gasteiger partial charge in [0.2, 0.25) is 0 Å². The van der Waals surface area contributed by atoms with Crippen molar-refractivity contribution < 1.29 is 0 Å². The second-order valence-corrected chi connectivity index (χ2v) is 6.60. The molecule has 1 aliphatic rings. The third kappa shape index (κ3) is 4.07. The molecule has 112 valence electrons. The highest BCUT2D eigenvalue weighted by atomic mass is 15.1. The van der Waals surface area contributed by atoms with Crippen LogP contribution in [0.3, 0.4) is 0 Å². The molecule has 0 aromatic heterocycles. The molecule has 2 heteroatoms. The fourth-order valence-corrected chi connectivity index (χ4v) is 3.07. The van der Waals surface area contributed by atoms with Gasteiger partial charge in [-0.05, 0) is 35.4 Å². The van der Waals surface area contributed by atoms with Crippen molar-refractivity contribution in [2.75, 3.05) is 26.2 Å².